The van der Waals surface area contributed by atoms with Crippen molar-refractivity contribution in [1.82, 2.24) is 19.8 Å². The summed E-state index contributed by atoms with van der Waals surface area (Å²) in [6, 6.07) is 7.69. The lowest BCUT2D eigenvalue weighted by molar-refractivity contribution is 0.0383. The van der Waals surface area contributed by atoms with E-state index >= 15 is 0 Å². The van der Waals surface area contributed by atoms with Gasteiger partial charge in [0.05, 0.1) is 13.2 Å². The number of morpholine rings is 1. The lowest BCUT2D eigenvalue weighted by atomic mass is 10.1. The molecule has 1 amide bonds. The van der Waals surface area contributed by atoms with Crippen LogP contribution in [0.5, 0.6) is 0 Å². The minimum Gasteiger partial charge on any atom is -0.379 e. The Labute approximate surface area is 147 Å². The zero-order chi connectivity index (χ0) is 16.1. The minimum atomic E-state index is -0.119. The van der Waals surface area contributed by atoms with Gasteiger partial charge in [-0.3, -0.25) is 9.69 Å². The molecule has 1 saturated heterocycles. The molecule has 0 atom stereocenters. The van der Waals surface area contributed by atoms with Gasteiger partial charge in [0.1, 0.15) is 10.6 Å². The molecule has 122 valence electrons. The number of hydrogen-bond acceptors (Lipinski definition) is 6. The summed E-state index contributed by atoms with van der Waals surface area (Å²) >= 11 is 4.53. The van der Waals surface area contributed by atoms with Crippen molar-refractivity contribution in [2.24, 2.45) is 0 Å². The van der Waals surface area contributed by atoms with Crippen molar-refractivity contribution in [2.75, 3.05) is 39.4 Å². The SMILES string of the molecule is O=C(NCCN1CCOCC1)c1snnc1-c1ccc(Br)cc1. The minimum absolute atomic E-state index is 0.119. The van der Waals surface area contributed by atoms with Gasteiger partial charge in [0.15, 0.2) is 0 Å². The summed E-state index contributed by atoms with van der Waals surface area (Å²) in [6.45, 7) is 4.80. The van der Waals surface area contributed by atoms with Crippen LogP contribution in [0.15, 0.2) is 28.7 Å². The molecular formula is C15H17BrN4O2S. The van der Waals surface area contributed by atoms with E-state index in [1.165, 1.54) is 0 Å². The molecule has 0 bridgehead atoms. The van der Waals surface area contributed by atoms with Gasteiger partial charge in [0.2, 0.25) is 0 Å². The first-order valence-corrected chi connectivity index (χ1v) is 8.97. The third-order valence-corrected chi connectivity index (χ3v) is 4.88. The molecule has 1 aliphatic rings. The van der Waals surface area contributed by atoms with Crippen LogP contribution in [-0.4, -0.2) is 59.8 Å². The maximum absolute atomic E-state index is 12.4. The number of carbonyl (C=O) groups is 1. The highest BCUT2D eigenvalue weighted by Gasteiger charge is 2.18. The molecule has 0 radical (unpaired) electrons. The second kappa shape index (κ2) is 7.96. The second-order valence-corrected chi connectivity index (χ2v) is 6.84. The van der Waals surface area contributed by atoms with Crippen LogP contribution in [0.3, 0.4) is 0 Å². The molecule has 3 rings (SSSR count). The summed E-state index contributed by atoms with van der Waals surface area (Å²) in [6.07, 6.45) is 0. The zero-order valence-electron chi connectivity index (χ0n) is 12.5. The summed E-state index contributed by atoms with van der Waals surface area (Å²) in [5.41, 5.74) is 1.52. The molecule has 23 heavy (non-hydrogen) atoms. The largest absolute Gasteiger partial charge is 0.379 e. The number of hydrogen-bond donors (Lipinski definition) is 1. The standard InChI is InChI=1S/C15H17BrN4O2S/c16-12-3-1-11(2-4-12)13-14(23-19-18-13)15(21)17-5-6-20-7-9-22-10-8-20/h1-4H,5-10H2,(H,17,21). The number of aromatic nitrogens is 2. The average Bonchev–Trinajstić information content (AvgIpc) is 3.06. The van der Waals surface area contributed by atoms with Gasteiger partial charge in [-0.05, 0) is 23.7 Å². The molecule has 2 heterocycles. The Morgan fingerprint density at radius 2 is 2.04 bits per heavy atom. The number of rotatable bonds is 5. The predicted octanol–water partition coefficient (Wildman–Crippen LogP) is 2.03. The fraction of sp³-hybridized carbons (Fsp3) is 0.400. The van der Waals surface area contributed by atoms with Crippen molar-refractivity contribution in [3.8, 4) is 11.3 Å². The lowest BCUT2D eigenvalue weighted by Crippen LogP contribution is -2.41. The van der Waals surface area contributed by atoms with Crippen LogP contribution in [0.4, 0.5) is 0 Å². The van der Waals surface area contributed by atoms with Crippen molar-refractivity contribution in [3.05, 3.63) is 33.6 Å². The number of benzene rings is 1. The van der Waals surface area contributed by atoms with Crippen LogP contribution < -0.4 is 5.32 Å². The van der Waals surface area contributed by atoms with Gasteiger partial charge in [-0.2, -0.15) is 0 Å². The molecular weight excluding hydrogens is 380 g/mol. The van der Waals surface area contributed by atoms with Crippen molar-refractivity contribution in [3.63, 3.8) is 0 Å². The molecule has 1 fully saturated rings. The lowest BCUT2D eigenvalue weighted by Gasteiger charge is -2.26. The molecule has 0 spiro atoms. The molecule has 8 heteroatoms. The molecule has 0 saturated carbocycles. The predicted molar refractivity (Wildman–Crippen MR) is 92.6 cm³/mol. The normalized spacial score (nSPS) is 15.5. The van der Waals surface area contributed by atoms with E-state index in [9.17, 15) is 4.79 Å². The van der Waals surface area contributed by atoms with E-state index in [0.29, 0.717) is 17.1 Å². The number of carbonyl (C=O) groups excluding carboxylic acids is 1. The van der Waals surface area contributed by atoms with Crippen LogP contribution in [0.1, 0.15) is 9.67 Å². The van der Waals surface area contributed by atoms with Crippen LogP contribution >= 0.6 is 27.5 Å². The maximum atomic E-state index is 12.4. The zero-order valence-corrected chi connectivity index (χ0v) is 14.9. The van der Waals surface area contributed by atoms with Crippen molar-refractivity contribution in [2.45, 2.75) is 0 Å². The Hall–Kier alpha value is -1.35. The highest BCUT2D eigenvalue weighted by molar-refractivity contribution is 9.10. The Morgan fingerprint density at radius 3 is 2.78 bits per heavy atom. The van der Waals surface area contributed by atoms with Crippen molar-refractivity contribution >= 4 is 33.4 Å². The second-order valence-electron chi connectivity index (χ2n) is 5.17. The molecule has 6 nitrogen and oxygen atoms in total. The molecule has 1 aromatic carbocycles. The Bertz CT molecular complexity index is 656. The topological polar surface area (TPSA) is 67.4 Å². The van der Waals surface area contributed by atoms with E-state index in [-0.39, 0.29) is 5.91 Å². The third kappa shape index (κ3) is 4.35. The van der Waals surface area contributed by atoms with Gasteiger partial charge in [-0.25, -0.2) is 0 Å². The molecule has 1 N–H and O–H groups in total. The average molecular weight is 397 g/mol. The van der Waals surface area contributed by atoms with E-state index in [1.54, 1.807) is 0 Å². The summed E-state index contributed by atoms with van der Waals surface area (Å²) in [4.78, 5) is 15.2. The Kier molecular flexibility index (Phi) is 5.71. The number of amides is 1. The van der Waals surface area contributed by atoms with Crippen molar-refractivity contribution < 1.29 is 9.53 Å². The summed E-state index contributed by atoms with van der Waals surface area (Å²) in [5, 5.41) is 7.05. The van der Waals surface area contributed by atoms with Gasteiger partial charge in [0.25, 0.3) is 5.91 Å². The summed E-state index contributed by atoms with van der Waals surface area (Å²) < 4.78 is 10.2. The molecule has 1 aromatic heterocycles. The number of ether oxygens (including phenoxy) is 1. The Morgan fingerprint density at radius 1 is 1.30 bits per heavy atom. The van der Waals surface area contributed by atoms with Crippen LogP contribution in [-0.2, 0) is 4.74 Å². The molecule has 1 aliphatic heterocycles. The summed E-state index contributed by atoms with van der Waals surface area (Å²) in [7, 11) is 0. The molecule has 0 aliphatic carbocycles. The molecule has 2 aromatic rings. The van der Waals surface area contributed by atoms with Crippen molar-refractivity contribution in [1.29, 1.82) is 0 Å². The maximum Gasteiger partial charge on any atom is 0.265 e. The highest BCUT2D eigenvalue weighted by atomic mass is 79.9. The van der Waals surface area contributed by atoms with Gasteiger partial charge < -0.3 is 10.1 Å². The first-order valence-electron chi connectivity index (χ1n) is 7.40. The van der Waals surface area contributed by atoms with E-state index in [4.69, 9.17) is 4.74 Å². The quantitative estimate of drug-likeness (QED) is 0.837. The van der Waals surface area contributed by atoms with Gasteiger partial charge in [0, 0.05) is 36.2 Å². The number of nitrogens with zero attached hydrogens (tertiary/aromatic N) is 3. The van der Waals surface area contributed by atoms with Crippen LogP contribution in [0, 0.1) is 0 Å². The number of nitrogens with one attached hydrogen (secondary N) is 1. The fourth-order valence-corrected chi connectivity index (χ4v) is 3.24. The van der Waals surface area contributed by atoms with E-state index < -0.39 is 0 Å². The summed E-state index contributed by atoms with van der Waals surface area (Å²) in [5.74, 6) is -0.119. The molecule has 0 unspecified atom stereocenters. The number of halogens is 1. The first-order chi connectivity index (χ1) is 11.2. The third-order valence-electron chi connectivity index (χ3n) is 3.63. The monoisotopic (exact) mass is 396 g/mol. The first kappa shape index (κ1) is 16.5. The van der Waals surface area contributed by atoms with Gasteiger partial charge in [-0.1, -0.05) is 32.6 Å². The van der Waals surface area contributed by atoms with Crippen LogP contribution in [0.2, 0.25) is 0 Å². The smallest absolute Gasteiger partial charge is 0.265 e. The van der Waals surface area contributed by atoms with E-state index in [1.807, 2.05) is 24.3 Å². The van der Waals surface area contributed by atoms with Gasteiger partial charge in [-0.15, -0.1) is 5.10 Å². The van der Waals surface area contributed by atoms with E-state index in [0.717, 1.165) is 54.4 Å². The van der Waals surface area contributed by atoms with E-state index in [2.05, 4.69) is 35.7 Å². The fourth-order valence-electron chi connectivity index (χ4n) is 2.37. The van der Waals surface area contributed by atoms with Crippen LogP contribution in [0.25, 0.3) is 11.3 Å². The van der Waals surface area contributed by atoms with Gasteiger partial charge >= 0.3 is 0 Å². The highest BCUT2D eigenvalue weighted by Crippen LogP contribution is 2.25. The Balaban J connectivity index is 1.59.